The molecule has 9 heteroatoms. The van der Waals surface area contributed by atoms with Crippen LogP contribution in [-0.4, -0.2) is 22.7 Å². The average molecular weight is 446 g/mol. The van der Waals surface area contributed by atoms with E-state index in [1.54, 1.807) is 41.8 Å². The van der Waals surface area contributed by atoms with Gasteiger partial charge in [0.25, 0.3) is 5.91 Å². The van der Waals surface area contributed by atoms with Crippen LogP contribution in [0, 0.1) is 0 Å². The summed E-state index contributed by atoms with van der Waals surface area (Å²) in [6, 6.07) is 11.6. The average Bonchev–Trinajstić information content (AvgIpc) is 3.30. The number of nitrogens with one attached hydrogen (secondary N) is 1. The molecule has 0 aliphatic carbocycles. The molecule has 29 heavy (non-hydrogen) atoms. The van der Waals surface area contributed by atoms with Crippen LogP contribution in [0.25, 0.3) is 11.3 Å². The Labute approximate surface area is 180 Å². The Morgan fingerprint density at radius 2 is 1.79 bits per heavy atom. The van der Waals surface area contributed by atoms with Crippen LogP contribution < -0.4 is 10.2 Å². The first-order valence-corrected chi connectivity index (χ1v) is 10.2. The van der Waals surface area contributed by atoms with Crippen molar-refractivity contribution < 1.29 is 14.4 Å². The van der Waals surface area contributed by atoms with Crippen LogP contribution in [0.3, 0.4) is 0 Å². The molecule has 0 spiro atoms. The monoisotopic (exact) mass is 445 g/mol. The smallest absolute Gasteiger partial charge is 0.257 e. The first-order valence-electron chi connectivity index (χ1n) is 8.60. The van der Waals surface area contributed by atoms with Crippen molar-refractivity contribution >= 4 is 63.1 Å². The SMILES string of the molecule is O=C(Nc1nc(-c2ccc(Cl)c(Cl)c2)cs1)c1cccc(N2C(=O)CCC2=O)c1. The number of thiazole rings is 1. The summed E-state index contributed by atoms with van der Waals surface area (Å²) in [5.41, 5.74) is 2.15. The summed E-state index contributed by atoms with van der Waals surface area (Å²) < 4.78 is 0. The Balaban J connectivity index is 1.52. The molecule has 0 unspecified atom stereocenters. The molecule has 3 amide bonds. The molecule has 2 aromatic carbocycles. The lowest BCUT2D eigenvalue weighted by Gasteiger charge is -2.14. The Morgan fingerprint density at radius 1 is 1.03 bits per heavy atom. The van der Waals surface area contributed by atoms with E-state index in [2.05, 4.69) is 10.3 Å². The minimum absolute atomic E-state index is 0.186. The summed E-state index contributed by atoms with van der Waals surface area (Å²) in [5.74, 6) is -0.918. The number of hydrogen-bond acceptors (Lipinski definition) is 5. The molecule has 146 valence electrons. The lowest BCUT2D eigenvalue weighted by molar-refractivity contribution is -0.121. The van der Waals surface area contributed by atoms with E-state index < -0.39 is 0 Å². The quantitative estimate of drug-likeness (QED) is 0.571. The number of rotatable bonds is 4. The standard InChI is InChI=1S/C20H13Cl2N3O3S/c21-14-5-4-11(9-15(14)22)16-10-29-20(23-16)24-19(28)12-2-1-3-13(8-12)25-17(26)6-7-18(25)27/h1-5,8-10H,6-7H2,(H,23,24,28). The van der Waals surface area contributed by atoms with Crippen LogP contribution in [0.2, 0.25) is 10.0 Å². The number of aromatic nitrogens is 1. The lowest BCUT2D eigenvalue weighted by Crippen LogP contribution is -2.28. The molecule has 3 aromatic rings. The van der Waals surface area contributed by atoms with Gasteiger partial charge in [-0.1, -0.05) is 35.3 Å². The van der Waals surface area contributed by atoms with Crippen molar-refractivity contribution in [3.8, 4) is 11.3 Å². The Morgan fingerprint density at radius 3 is 2.52 bits per heavy atom. The lowest BCUT2D eigenvalue weighted by atomic mass is 10.1. The second-order valence-corrected chi connectivity index (χ2v) is 7.97. The second kappa shape index (κ2) is 7.94. The number of benzene rings is 2. The highest BCUT2D eigenvalue weighted by Gasteiger charge is 2.30. The maximum Gasteiger partial charge on any atom is 0.257 e. The van der Waals surface area contributed by atoms with E-state index in [4.69, 9.17) is 23.2 Å². The fourth-order valence-electron chi connectivity index (χ4n) is 2.94. The molecule has 0 atom stereocenters. The molecule has 0 saturated carbocycles. The van der Waals surface area contributed by atoms with Crippen molar-refractivity contribution in [3.63, 3.8) is 0 Å². The van der Waals surface area contributed by atoms with Gasteiger partial charge in [-0.25, -0.2) is 4.98 Å². The number of hydrogen-bond donors (Lipinski definition) is 1. The summed E-state index contributed by atoms with van der Waals surface area (Å²) in [6.07, 6.45) is 0.373. The fraction of sp³-hybridized carbons (Fsp3) is 0.100. The third kappa shape index (κ3) is 4.03. The molecule has 6 nitrogen and oxygen atoms in total. The van der Waals surface area contributed by atoms with Crippen LogP contribution in [0.1, 0.15) is 23.2 Å². The zero-order valence-electron chi connectivity index (χ0n) is 14.8. The largest absolute Gasteiger partial charge is 0.298 e. The number of anilines is 2. The minimum atomic E-state index is -0.388. The van der Waals surface area contributed by atoms with Crippen LogP contribution in [0.5, 0.6) is 0 Å². The molecule has 2 heterocycles. The molecule has 1 aliphatic heterocycles. The molecular weight excluding hydrogens is 433 g/mol. The highest BCUT2D eigenvalue weighted by molar-refractivity contribution is 7.14. The van der Waals surface area contributed by atoms with Crippen molar-refractivity contribution in [2.75, 3.05) is 10.2 Å². The number of halogens is 2. The van der Waals surface area contributed by atoms with Crippen LogP contribution in [0.15, 0.2) is 47.8 Å². The van der Waals surface area contributed by atoms with Crippen molar-refractivity contribution in [2.45, 2.75) is 12.8 Å². The van der Waals surface area contributed by atoms with Gasteiger partial charge in [-0.3, -0.25) is 24.6 Å². The van der Waals surface area contributed by atoms with Gasteiger partial charge in [-0.15, -0.1) is 11.3 Å². The summed E-state index contributed by atoms with van der Waals surface area (Å²) >= 11 is 13.3. The Bertz CT molecular complexity index is 1130. The van der Waals surface area contributed by atoms with Gasteiger partial charge in [0.15, 0.2) is 5.13 Å². The minimum Gasteiger partial charge on any atom is -0.298 e. The summed E-state index contributed by atoms with van der Waals surface area (Å²) in [4.78, 5) is 42.0. The van der Waals surface area contributed by atoms with E-state index in [-0.39, 0.29) is 30.6 Å². The molecule has 0 radical (unpaired) electrons. The van der Waals surface area contributed by atoms with Gasteiger partial charge < -0.3 is 0 Å². The first-order chi connectivity index (χ1) is 13.9. The molecule has 1 N–H and O–H groups in total. The summed E-state index contributed by atoms with van der Waals surface area (Å²) in [5, 5.41) is 5.82. The van der Waals surface area contributed by atoms with Gasteiger partial charge in [0, 0.05) is 29.3 Å². The van der Waals surface area contributed by atoms with E-state index in [9.17, 15) is 14.4 Å². The van der Waals surface area contributed by atoms with Crippen LogP contribution >= 0.6 is 34.5 Å². The zero-order valence-corrected chi connectivity index (χ0v) is 17.1. The molecule has 1 fully saturated rings. The number of amides is 3. The fourth-order valence-corrected chi connectivity index (χ4v) is 3.95. The molecular formula is C20H13Cl2N3O3S. The predicted octanol–water partition coefficient (Wildman–Crippen LogP) is 5.02. The van der Waals surface area contributed by atoms with Crippen molar-refractivity contribution in [3.05, 3.63) is 63.5 Å². The molecule has 1 aromatic heterocycles. The van der Waals surface area contributed by atoms with Gasteiger partial charge in [-0.05, 0) is 30.3 Å². The highest BCUT2D eigenvalue weighted by atomic mass is 35.5. The number of imide groups is 1. The van der Waals surface area contributed by atoms with Crippen LogP contribution in [-0.2, 0) is 9.59 Å². The van der Waals surface area contributed by atoms with Crippen molar-refractivity contribution in [1.29, 1.82) is 0 Å². The third-order valence-electron chi connectivity index (χ3n) is 4.36. The van der Waals surface area contributed by atoms with E-state index in [0.29, 0.717) is 32.1 Å². The molecule has 0 bridgehead atoms. The highest BCUT2D eigenvalue weighted by Crippen LogP contribution is 2.31. The van der Waals surface area contributed by atoms with E-state index >= 15 is 0 Å². The Hall–Kier alpha value is -2.74. The Kier molecular flexibility index (Phi) is 5.36. The summed E-state index contributed by atoms with van der Waals surface area (Å²) in [7, 11) is 0. The van der Waals surface area contributed by atoms with E-state index in [1.807, 2.05) is 0 Å². The molecule has 4 rings (SSSR count). The zero-order chi connectivity index (χ0) is 20.5. The maximum atomic E-state index is 12.6. The van der Waals surface area contributed by atoms with Gasteiger partial charge in [0.05, 0.1) is 21.4 Å². The van der Waals surface area contributed by atoms with Gasteiger partial charge in [0.2, 0.25) is 11.8 Å². The van der Waals surface area contributed by atoms with Crippen molar-refractivity contribution in [2.24, 2.45) is 0 Å². The number of carbonyl (C=O) groups excluding carboxylic acids is 3. The summed E-state index contributed by atoms with van der Waals surface area (Å²) in [6.45, 7) is 0. The van der Waals surface area contributed by atoms with E-state index in [1.165, 1.54) is 17.4 Å². The maximum absolute atomic E-state index is 12.6. The topological polar surface area (TPSA) is 79.4 Å². The first kappa shape index (κ1) is 19.6. The van der Waals surface area contributed by atoms with Gasteiger partial charge >= 0.3 is 0 Å². The van der Waals surface area contributed by atoms with Crippen LogP contribution in [0.4, 0.5) is 10.8 Å². The number of carbonyl (C=O) groups is 3. The normalized spacial score (nSPS) is 13.8. The third-order valence-corrected chi connectivity index (χ3v) is 5.85. The second-order valence-electron chi connectivity index (χ2n) is 6.29. The molecule has 1 aliphatic rings. The van der Waals surface area contributed by atoms with E-state index in [0.717, 1.165) is 10.5 Å². The van der Waals surface area contributed by atoms with Gasteiger partial charge in [-0.2, -0.15) is 0 Å². The number of nitrogens with zero attached hydrogens (tertiary/aromatic N) is 2. The van der Waals surface area contributed by atoms with Crippen molar-refractivity contribution in [1.82, 2.24) is 4.98 Å². The predicted molar refractivity (Wildman–Crippen MR) is 114 cm³/mol. The molecule has 1 saturated heterocycles. The van der Waals surface area contributed by atoms with Gasteiger partial charge in [0.1, 0.15) is 0 Å².